The number of hydrogen-bond donors (Lipinski definition) is 1. The van der Waals surface area contributed by atoms with E-state index in [0.717, 1.165) is 30.1 Å². The largest absolute Gasteiger partial charge is 0.492 e. The summed E-state index contributed by atoms with van der Waals surface area (Å²) in [5.74, 6) is 0.914. The molecule has 1 saturated heterocycles. The normalized spacial score (nSPS) is 13.6. The lowest BCUT2D eigenvalue weighted by molar-refractivity contribution is -0.117. The summed E-state index contributed by atoms with van der Waals surface area (Å²) in [4.78, 5) is 13.8. The van der Waals surface area contributed by atoms with Crippen molar-refractivity contribution in [2.24, 2.45) is 0 Å². The van der Waals surface area contributed by atoms with E-state index in [0.29, 0.717) is 25.1 Å². The third kappa shape index (κ3) is 3.66. The smallest absolute Gasteiger partial charge is 0.227 e. The van der Waals surface area contributed by atoms with Crippen LogP contribution in [0.5, 0.6) is 5.75 Å². The minimum absolute atomic E-state index is 0.179. The van der Waals surface area contributed by atoms with Crippen LogP contribution in [-0.2, 0) is 4.79 Å². The number of amides is 1. The summed E-state index contributed by atoms with van der Waals surface area (Å²) >= 11 is 0. The maximum absolute atomic E-state index is 11.9. The van der Waals surface area contributed by atoms with E-state index >= 15 is 0 Å². The van der Waals surface area contributed by atoms with Gasteiger partial charge in [-0.25, -0.2) is 0 Å². The number of benzene rings is 2. The second kappa shape index (κ2) is 7.51. The first kappa shape index (κ1) is 15.9. The van der Waals surface area contributed by atoms with Crippen LogP contribution in [0.1, 0.15) is 18.4 Å². The van der Waals surface area contributed by atoms with E-state index in [4.69, 9.17) is 10.00 Å². The lowest BCUT2D eigenvalue weighted by Gasteiger charge is -2.20. The first-order valence-electron chi connectivity index (χ1n) is 8.04. The van der Waals surface area contributed by atoms with Gasteiger partial charge in [0.1, 0.15) is 12.4 Å². The van der Waals surface area contributed by atoms with Gasteiger partial charge in [-0.2, -0.15) is 5.26 Å². The summed E-state index contributed by atoms with van der Waals surface area (Å²) in [6.45, 7) is 1.90. The molecule has 3 rings (SSSR count). The van der Waals surface area contributed by atoms with E-state index in [1.807, 2.05) is 29.2 Å². The zero-order chi connectivity index (χ0) is 16.8. The fraction of sp³-hybridized carbons (Fsp3) is 0.263. The molecule has 122 valence electrons. The average Bonchev–Trinajstić information content (AvgIpc) is 3.05. The number of para-hydroxylation sites is 2. The van der Waals surface area contributed by atoms with Crippen LogP contribution in [-0.4, -0.2) is 25.6 Å². The Balaban J connectivity index is 1.55. The van der Waals surface area contributed by atoms with Crippen LogP contribution >= 0.6 is 0 Å². The van der Waals surface area contributed by atoms with Gasteiger partial charge in [0.15, 0.2) is 0 Å². The van der Waals surface area contributed by atoms with E-state index in [9.17, 15) is 4.79 Å². The van der Waals surface area contributed by atoms with E-state index in [1.165, 1.54) is 0 Å². The molecular formula is C19H19N3O2. The Bertz CT molecular complexity index is 750. The zero-order valence-corrected chi connectivity index (χ0v) is 13.4. The molecule has 0 aromatic heterocycles. The van der Waals surface area contributed by atoms with Gasteiger partial charge in [0, 0.05) is 19.5 Å². The van der Waals surface area contributed by atoms with Gasteiger partial charge in [0.2, 0.25) is 5.91 Å². The maximum atomic E-state index is 11.9. The van der Waals surface area contributed by atoms with Crippen LogP contribution in [0, 0.1) is 11.3 Å². The van der Waals surface area contributed by atoms with Gasteiger partial charge in [-0.1, -0.05) is 12.1 Å². The van der Waals surface area contributed by atoms with E-state index in [1.54, 1.807) is 24.3 Å². The maximum Gasteiger partial charge on any atom is 0.227 e. The number of nitriles is 1. The number of hydrogen-bond acceptors (Lipinski definition) is 4. The molecule has 0 radical (unpaired) electrons. The van der Waals surface area contributed by atoms with Gasteiger partial charge in [0.25, 0.3) is 0 Å². The number of rotatable bonds is 6. The van der Waals surface area contributed by atoms with Crippen LogP contribution < -0.4 is 15.0 Å². The summed E-state index contributed by atoms with van der Waals surface area (Å²) in [7, 11) is 0. The molecule has 1 aliphatic rings. The van der Waals surface area contributed by atoms with Crippen molar-refractivity contribution in [1.82, 2.24) is 0 Å². The molecule has 24 heavy (non-hydrogen) atoms. The third-order valence-electron chi connectivity index (χ3n) is 3.94. The van der Waals surface area contributed by atoms with E-state index in [-0.39, 0.29) is 5.91 Å². The number of carbonyl (C=O) groups excluding carboxylic acids is 1. The molecule has 2 aromatic rings. The summed E-state index contributed by atoms with van der Waals surface area (Å²) in [6, 6.07) is 17.0. The summed E-state index contributed by atoms with van der Waals surface area (Å²) in [6.07, 6.45) is 1.53. The molecule has 0 saturated carbocycles. The van der Waals surface area contributed by atoms with Crippen molar-refractivity contribution in [3.63, 3.8) is 0 Å². The van der Waals surface area contributed by atoms with Crippen LogP contribution in [0.2, 0.25) is 0 Å². The predicted molar refractivity (Wildman–Crippen MR) is 93.2 cm³/mol. The monoisotopic (exact) mass is 321 g/mol. The topological polar surface area (TPSA) is 65.4 Å². The van der Waals surface area contributed by atoms with Crippen molar-refractivity contribution in [2.75, 3.05) is 29.9 Å². The standard InChI is InChI=1S/C19H19N3O2/c20-14-15-7-9-16(10-8-15)24-13-11-21-17-4-1-2-5-18(17)22-12-3-6-19(22)23/h1-2,4-5,7-10,21H,3,6,11-13H2. The second-order valence-electron chi connectivity index (χ2n) is 5.58. The molecule has 0 spiro atoms. The number of nitrogens with zero attached hydrogens (tertiary/aromatic N) is 2. The van der Waals surface area contributed by atoms with Crippen molar-refractivity contribution in [2.45, 2.75) is 12.8 Å². The minimum Gasteiger partial charge on any atom is -0.492 e. The Morgan fingerprint density at radius 1 is 1.17 bits per heavy atom. The molecule has 1 N–H and O–H groups in total. The summed E-state index contributed by atoms with van der Waals surface area (Å²) in [5.41, 5.74) is 2.49. The fourth-order valence-electron chi connectivity index (χ4n) is 2.74. The van der Waals surface area contributed by atoms with Gasteiger partial charge >= 0.3 is 0 Å². The lowest BCUT2D eigenvalue weighted by atomic mass is 10.2. The van der Waals surface area contributed by atoms with Gasteiger partial charge in [0.05, 0.1) is 23.0 Å². The number of ether oxygens (including phenoxy) is 1. The zero-order valence-electron chi connectivity index (χ0n) is 13.4. The average molecular weight is 321 g/mol. The summed E-state index contributed by atoms with van der Waals surface area (Å²) < 4.78 is 5.66. The predicted octanol–water partition coefficient (Wildman–Crippen LogP) is 3.18. The van der Waals surface area contributed by atoms with Gasteiger partial charge < -0.3 is 15.0 Å². The van der Waals surface area contributed by atoms with Crippen molar-refractivity contribution < 1.29 is 9.53 Å². The summed E-state index contributed by atoms with van der Waals surface area (Å²) in [5, 5.41) is 12.1. The molecular weight excluding hydrogens is 302 g/mol. The van der Waals surface area contributed by atoms with Crippen LogP contribution in [0.25, 0.3) is 0 Å². The quantitative estimate of drug-likeness (QED) is 0.830. The molecule has 0 aliphatic carbocycles. The molecule has 0 unspecified atom stereocenters. The Morgan fingerprint density at radius 2 is 1.96 bits per heavy atom. The van der Waals surface area contributed by atoms with Crippen LogP contribution in [0.4, 0.5) is 11.4 Å². The highest BCUT2D eigenvalue weighted by Gasteiger charge is 2.23. The Kier molecular flexibility index (Phi) is 4.97. The molecule has 1 amide bonds. The number of nitrogens with one attached hydrogen (secondary N) is 1. The lowest BCUT2D eigenvalue weighted by Crippen LogP contribution is -2.25. The van der Waals surface area contributed by atoms with Gasteiger partial charge in [-0.3, -0.25) is 4.79 Å². The Morgan fingerprint density at radius 3 is 2.67 bits per heavy atom. The Hall–Kier alpha value is -3.00. The molecule has 2 aromatic carbocycles. The molecule has 5 heteroatoms. The molecule has 1 aliphatic heterocycles. The molecule has 5 nitrogen and oxygen atoms in total. The second-order valence-corrected chi connectivity index (χ2v) is 5.58. The molecule has 1 fully saturated rings. The van der Waals surface area contributed by atoms with Crippen molar-refractivity contribution in [1.29, 1.82) is 5.26 Å². The highest BCUT2D eigenvalue weighted by atomic mass is 16.5. The Labute approximate surface area is 141 Å². The van der Waals surface area contributed by atoms with Gasteiger partial charge in [-0.05, 0) is 42.8 Å². The number of anilines is 2. The first-order chi connectivity index (χ1) is 11.8. The first-order valence-corrected chi connectivity index (χ1v) is 8.04. The molecule has 0 bridgehead atoms. The fourth-order valence-corrected chi connectivity index (χ4v) is 2.74. The van der Waals surface area contributed by atoms with E-state index < -0.39 is 0 Å². The molecule has 1 heterocycles. The highest BCUT2D eigenvalue weighted by molar-refractivity contribution is 5.98. The SMILES string of the molecule is N#Cc1ccc(OCCNc2ccccc2N2CCCC2=O)cc1. The molecule has 0 atom stereocenters. The van der Waals surface area contributed by atoms with Crippen LogP contribution in [0.3, 0.4) is 0 Å². The third-order valence-corrected chi connectivity index (χ3v) is 3.94. The highest BCUT2D eigenvalue weighted by Crippen LogP contribution is 2.29. The van der Waals surface area contributed by atoms with Crippen molar-refractivity contribution in [3.8, 4) is 11.8 Å². The van der Waals surface area contributed by atoms with Gasteiger partial charge in [-0.15, -0.1) is 0 Å². The van der Waals surface area contributed by atoms with Crippen LogP contribution in [0.15, 0.2) is 48.5 Å². The minimum atomic E-state index is 0.179. The van der Waals surface area contributed by atoms with Crippen molar-refractivity contribution in [3.05, 3.63) is 54.1 Å². The van der Waals surface area contributed by atoms with Crippen molar-refractivity contribution >= 4 is 17.3 Å². The number of carbonyl (C=O) groups is 1. The van der Waals surface area contributed by atoms with E-state index in [2.05, 4.69) is 11.4 Å².